The molecule has 2 N–H and O–H groups in total. The number of hydrogen-bond acceptors (Lipinski definition) is 8. The van der Waals surface area contributed by atoms with Gasteiger partial charge in [0.05, 0.1) is 17.8 Å². The zero-order valence-corrected chi connectivity index (χ0v) is 23.6. The van der Waals surface area contributed by atoms with Crippen molar-refractivity contribution in [2.45, 2.75) is 63.8 Å². The first-order valence-corrected chi connectivity index (χ1v) is 13.8. The summed E-state index contributed by atoms with van der Waals surface area (Å²) in [6.07, 6.45) is 3.76. The van der Waals surface area contributed by atoms with Crippen molar-refractivity contribution >= 4 is 46.2 Å². The molecule has 0 spiro atoms. The SMILES string of the molecule is C[C@H](c1ccc(Cl)cc1Cl)n1nc(C#N)c2ncc(N3CCC(N4CCC[C@H]4C(=O)O)[C@H](C(C)(C)O)C3)nc21. The number of carboxylic acids is 1. The summed E-state index contributed by atoms with van der Waals surface area (Å²) in [5.41, 5.74) is 0.761. The number of likely N-dealkylation sites (tertiary alicyclic amines) is 1. The van der Waals surface area contributed by atoms with Gasteiger partial charge in [0.25, 0.3) is 0 Å². The van der Waals surface area contributed by atoms with E-state index in [0.717, 1.165) is 12.0 Å². The number of carbonyl (C=O) groups is 1. The van der Waals surface area contributed by atoms with Gasteiger partial charge in [-0.15, -0.1) is 0 Å². The molecule has 3 aromatic rings. The number of fused-ring (bicyclic) bond motifs is 1. The number of aliphatic carboxylic acids is 1. The highest BCUT2D eigenvalue weighted by Gasteiger charge is 2.46. The van der Waals surface area contributed by atoms with Crippen molar-refractivity contribution in [1.82, 2.24) is 24.6 Å². The Morgan fingerprint density at radius 2 is 2.03 bits per heavy atom. The summed E-state index contributed by atoms with van der Waals surface area (Å²) in [5.74, 6) is -0.418. The molecule has 2 aliphatic rings. The van der Waals surface area contributed by atoms with Crippen LogP contribution in [0, 0.1) is 17.2 Å². The summed E-state index contributed by atoms with van der Waals surface area (Å²) >= 11 is 12.6. The molecule has 2 saturated heterocycles. The molecule has 206 valence electrons. The summed E-state index contributed by atoms with van der Waals surface area (Å²) in [4.78, 5) is 25.5. The summed E-state index contributed by atoms with van der Waals surface area (Å²) in [6, 6.07) is 6.42. The summed E-state index contributed by atoms with van der Waals surface area (Å²) < 4.78 is 1.65. The molecular weight excluding hydrogens is 541 g/mol. The van der Waals surface area contributed by atoms with Gasteiger partial charge in [0, 0.05) is 35.1 Å². The number of rotatable bonds is 6. The fourth-order valence-electron chi connectivity index (χ4n) is 6.06. The van der Waals surface area contributed by atoms with E-state index in [4.69, 9.17) is 28.2 Å². The van der Waals surface area contributed by atoms with Crippen LogP contribution in [0.25, 0.3) is 11.2 Å². The lowest BCUT2D eigenvalue weighted by molar-refractivity contribution is -0.144. The summed E-state index contributed by atoms with van der Waals surface area (Å²) in [6.45, 7) is 7.29. The van der Waals surface area contributed by atoms with Gasteiger partial charge in [-0.1, -0.05) is 29.3 Å². The third-order valence-electron chi connectivity index (χ3n) is 8.09. The fourth-order valence-corrected chi connectivity index (χ4v) is 6.63. The minimum absolute atomic E-state index is 0.0654. The molecule has 5 rings (SSSR count). The van der Waals surface area contributed by atoms with Gasteiger partial charge in [-0.3, -0.25) is 9.69 Å². The van der Waals surface area contributed by atoms with E-state index in [-0.39, 0.29) is 23.7 Å². The van der Waals surface area contributed by atoms with Crippen molar-refractivity contribution < 1.29 is 15.0 Å². The Bertz CT molecular complexity index is 1450. The van der Waals surface area contributed by atoms with Crippen LogP contribution in [0.3, 0.4) is 0 Å². The number of aromatic nitrogens is 4. The molecule has 12 heteroatoms. The van der Waals surface area contributed by atoms with Gasteiger partial charge in [-0.05, 0) is 64.3 Å². The van der Waals surface area contributed by atoms with Gasteiger partial charge in [0.15, 0.2) is 11.3 Å². The number of halogens is 2. The maximum absolute atomic E-state index is 11.9. The molecule has 0 radical (unpaired) electrons. The summed E-state index contributed by atoms with van der Waals surface area (Å²) in [7, 11) is 0. The Morgan fingerprint density at radius 1 is 1.26 bits per heavy atom. The molecule has 2 aromatic heterocycles. The molecule has 10 nitrogen and oxygen atoms in total. The monoisotopic (exact) mass is 571 g/mol. The second kappa shape index (κ2) is 10.5. The first-order chi connectivity index (χ1) is 18.5. The second-order valence-electron chi connectivity index (χ2n) is 10.9. The lowest BCUT2D eigenvalue weighted by Gasteiger charge is -2.48. The molecular formula is C27H31Cl2N7O3. The molecule has 0 saturated carbocycles. The first-order valence-electron chi connectivity index (χ1n) is 13.1. The van der Waals surface area contributed by atoms with E-state index >= 15 is 0 Å². The minimum atomic E-state index is -1.04. The third kappa shape index (κ3) is 5.16. The standard InChI is InChI=1S/C27H31Cl2N7O3/c1-15(17-7-6-16(28)11-19(17)29)36-25-24(20(12-30)33-36)31-13-23(32-25)34-10-8-21(18(14-34)27(2,3)39)35-9-4-5-22(35)26(37)38/h6-7,11,13,15,18,21-22,39H,4-5,8-10,14H2,1-3H3,(H,37,38)/t15-,18-,21?,22+/m1/s1. The number of nitriles is 1. The van der Waals surface area contributed by atoms with Crippen molar-refractivity contribution in [2.75, 3.05) is 24.5 Å². The van der Waals surface area contributed by atoms with Crippen LogP contribution < -0.4 is 4.90 Å². The van der Waals surface area contributed by atoms with Crippen LogP contribution >= 0.6 is 23.2 Å². The normalized spacial score (nSPS) is 23.2. The average Bonchev–Trinajstić information content (AvgIpc) is 3.52. The van der Waals surface area contributed by atoms with E-state index < -0.39 is 17.6 Å². The molecule has 2 aliphatic heterocycles. The largest absolute Gasteiger partial charge is 0.480 e. The highest BCUT2D eigenvalue weighted by Crippen LogP contribution is 2.37. The van der Waals surface area contributed by atoms with Gasteiger partial charge < -0.3 is 15.1 Å². The minimum Gasteiger partial charge on any atom is -0.480 e. The first kappa shape index (κ1) is 27.6. The lowest BCUT2D eigenvalue weighted by Crippen LogP contribution is -2.59. The predicted octanol–water partition coefficient (Wildman–Crippen LogP) is 4.13. The van der Waals surface area contributed by atoms with Crippen molar-refractivity contribution in [3.05, 3.63) is 45.7 Å². The molecule has 4 heterocycles. The predicted molar refractivity (Wildman–Crippen MR) is 148 cm³/mol. The number of benzene rings is 1. The quantitative estimate of drug-likeness (QED) is 0.448. The molecule has 4 atom stereocenters. The third-order valence-corrected chi connectivity index (χ3v) is 8.65. The number of carboxylic acid groups (broad SMARTS) is 1. The van der Waals surface area contributed by atoms with E-state index in [1.807, 2.05) is 13.0 Å². The van der Waals surface area contributed by atoms with E-state index in [0.29, 0.717) is 59.5 Å². The van der Waals surface area contributed by atoms with Gasteiger partial charge in [0.1, 0.15) is 23.4 Å². The smallest absolute Gasteiger partial charge is 0.320 e. The van der Waals surface area contributed by atoms with Crippen LogP contribution in [0.5, 0.6) is 0 Å². The Labute approximate surface area is 236 Å². The van der Waals surface area contributed by atoms with Crippen molar-refractivity contribution in [3.8, 4) is 6.07 Å². The van der Waals surface area contributed by atoms with Crippen LogP contribution in [-0.4, -0.2) is 78.1 Å². The van der Waals surface area contributed by atoms with Crippen LogP contribution in [-0.2, 0) is 4.79 Å². The molecule has 1 aromatic carbocycles. The number of aliphatic hydroxyl groups is 1. The van der Waals surface area contributed by atoms with E-state index in [2.05, 4.69) is 26.0 Å². The van der Waals surface area contributed by atoms with Crippen LogP contribution in [0.15, 0.2) is 24.4 Å². The van der Waals surface area contributed by atoms with Gasteiger partial charge >= 0.3 is 5.97 Å². The average molecular weight is 572 g/mol. The number of anilines is 1. The van der Waals surface area contributed by atoms with Crippen molar-refractivity contribution in [3.63, 3.8) is 0 Å². The number of hydrogen-bond donors (Lipinski definition) is 2. The Kier molecular flexibility index (Phi) is 7.46. The summed E-state index contributed by atoms with van der Waals surface area (Å²) in [5, 5.41) is 36.1. The second-order valence-corrected chi connectivity index (χ2v) is 11.8. The molecule has 1 unspecified atom stereocenters. The zero-order chi connectivity index (χ0) is 28.1. The maximum Gasteiger partial charge on any atom is 0.320 e. The maximum atomic E-state index is 11.9. The van der Waals surface area contributed by atoms with Crippen LogP contribution in [0.4, 0.5) is 5.82 Å². The lowest BCUT2D eigenvalue weighted by atomic mass is 9.79. The number of nitrogens with zero attached hydrogens (tertiary/aromatic N) is 7. The molecule has 0 bridgehead atoms. The van der Waals surface area contributed by atoms with Gasteiger partial charge in [-0.2, -0.15) is 10.4 Å². The highest BCUT2D eigenvalue weighted by molar-refractivity contribution is 6.35. The van der Waals surface area contributed by atoms with Crippen LogP contribution in [0.2, 0.25) is 10.0 Å². The van der Waals surface area contributed by atoms with Gasteiger partial charge in [-0.25, -0.2) is 14.6 Å². The molecule has 0 aliphatic carbocycles. The van der Waals surface area contributed by atoms with Gasteiger partial charge in [0.2, 0.25) is 0 Å². The number of piperidine rings is 1. The Hall–Kier alpha value is -2.97. The van der Waals surface area contributed by atoms with Crippen molar-refractivity contribution in [2.24, 2.45) is 5.92 Å². The van der Waals surface area contributed by atoms with Crippen LogP contribution in [0.1, 0.15) is 57.3 Å². The highest BCUT2D eigenvalue weighted by atomic mass is 35.5. The topological polar surface area (TPSA) is 131 Å². The van der Waals surface area contributed by atoms with E-state index in [1.165, 1.54) is 0 Å². The van der Waals surface area contributed by atoms with E-state index in [1.54, 1.807) is 36.9 Å². The van der Waals surface area contributed by atoms with Crippen molar-refractivity contribution in [1.29, 1.82) is 5.26 Å². The molecule has 39 heavy (non-hydrogen) atoms. The molecule has 2 fully saturated rings. The zero-order valence-electron chi connectivity index (χ0n) is 22.1. The Morgan fingerprint density at radius 3 is 2.69 bits per heavy atom. The Balaban J connectivity index is 1.49. The fraction of sp³-hybridized carbons (Fsp3) is 0.519. The van der Waals surface area contributed by atoms with E-state index in [9.17, 15) is 20.3 Å². The molecule has 0 amide bonds.